The molecule has 2 unspecified atom stereocenters. The molecule has 0 radical (unpaired) electrons. The van der Waals surface area contributed by atoms with Crippen LogP contribution in [-0.4, -0.2) is 67.6 Å². The molecular formula is C14H26N4S. The quantitative estimate of drug-likeness (QED) is 0.880. The number of nitrogens with one attached hydrogen (secondary N) is 1. The van der Waals surface area contributed by atoms with Crippen molar-refractivity contribution in [2.24, 2.45) is 0 Å². The molecule has 1 aromatic rings. The lowest BCUT2D eigenvalue weighted by atomic mass is 10.0. The van der Waals surface area contributed by atoms with E-state index in [1.54, 1.807) is 11.3 Å². The number of aryl methyl sites for hydroxylation is 1. The molecule has 1 aromatic heterocycles. The van der Waals surface area contributed by atoms with Gasteiger partial charge in [0.2, 0.25) is 0 Å². The third-order valence-electron chi connectivity index (χ3n) is 4.03. The van der Waals surface area contributed by atoms with Crippen molar-refractivity contribution in [2.45, 2.75) is 31.8 Å². The van der Waals surface area contributed by atoms with Gasteiger partial charge < -0.3 is 15.1 Å². The third-order valence-corrected chi connectivity index (χ3v) is 5.02. The lowest BCUT2D eigenvalue weighted by Gasteiger charge is -2.39. The van der Waals surface area contributed by atoms with Crippen LogP contribution in [0.4, 0.5) is 0 Å². The SMILES string of the molecule is CNC(Cc1nc(C)cs1)CC1CN(C)CCN1C. The topological polar surface area (TPSA) is 31.4 Å². The molecule has 4 nitrogen and oxygen atoms in total. The third kappa shape index (κ3) is 4.24. The zero-order valence-electron chi connectivity index (χ0n) is 12.5. The molecule has 0 saturated carbocycles. The summed E-state index contributed by atoms with van der Waals surface area (Å²) >= 11 is 1.78. The van der Waals surface area contributed by atoms with Gasteiger partial charge in [0.1, 0.15) is 0 Å². The van der Waals surface area contributed by atoms with E-state index in [4.69, 9.17) is 0 Å². The van der Waals surface area contributed by atoms with E-state index >= 15 is 0 Å². The maximum absolute atomic E-state index is 4.58. The predicted octanol–water partition coefficient (Wildman–Crippen LogP) is 1.22. The first-order valence-electron chi connectivity index (χ1n) is 7.05. The molecule has 1 aliphatic rings. The van der Waals surface area contributed by atoms with Gasteiger partial charge in [-0.1, -0.05) is 0 Å². The van der Waals surface area contributed by atoms with Gasteiger partial charge >= 0.3 is 0 Å². The number of piperazine rings is 1. The summed E-state index contributed by atoms with van der Waals surface area (Å²) in [5, 5.41) is 6.86. The number of hydrogen-bond donors (Lipinski definition) is 1. The first kappa shape index (κ1) is 14.9. The number of thiazole rings is 1. The molecule has 0 aliphatic carbocycles. The maximum atomic E-state index is 4.58. The molecule has 1 aliphatic heterocycles. The van der Waals surface area contributed by atoms with Gasteiger partial charge in [0.15, 0.2) is 0 Å². The van der Waals surface area contributed by atoms with E-state index in [-0.39, 0.29) is 0 Å². The zero-order chi connectivity index (χ0) is 13.8. The van der Waals surface area contributed by atoms with Gasteiger partial charge in [-0.05, 0) is 34.5 Å². The van der Waals surface area contributed by atoms with Gasteiger partial charge in [0.25, 0.3) is 0 Å². The van der Waals surface area contributed by atoms with Crippen molar-refractivity contribution >= 4 is 11.3 Å². The molecule has 0 aromatic carbocycles. The summed E-state index contributed by atoms with van der Waals surface area (Å²) in [5.41, 5.74) is 1.14. The van der Waals surface area contributed by atoms with Crippen molar-refractivity contribution in [1.29, 1.82) is 0 Å². The Morgan fingerprint density at radius 3 is 2.89 bits per heavy atom. The highest BCUT2D eigenvalue weighted by Crippen LogP contribution is 2.16. The molecule has 2 heterocycles. The van der Waals surface area contributed by atoms with Crippen molar-refractivity contribution < 1.29 is 0 Å². The summed E-state index contributed by atoms with van der Waals surface area (Å²) in [6, 6.07) is 1.17. The molecular weight excluding hydrogens is 256 g/mol. The summed E-state index contributed by atoms with van der Waals surface area (Å²) in [7, 11) is 6.54. The van der Waals surface area contributed by atoms with Crippen molar-refractivity contribution in [3.8, 4) is 0 Å². The van der Waals surface area contributed by atoms with Crippen LogP contribution in [0.3, 0.4) is 0 Å². The van der Waals surface area contributed by atoms with Crippen molar-refractivity contribution in [1.82, 2.24) is 20.1 Å². The fraction of sp³-hybridized carbons (Fsp3) is 0.786. The number of rotatable bonds is 5. The lowest BCUT2D eigenvalue weighted by Crippen LogP contribution is -2.52. The first-order chi connectivity index (χ1) is 9.08. The van der Waals surface area contributed by atoms with E-state index in [1.165, 1.54) is 31.1 Å². The second-order valence-electron chi connectivity index (χ2n) is 5.70. The van der Waals surface area contributed by atoms with Crippen LogP contribution in [0.2, 0.25) is 0 Å². The summed E-state index contributed by atoms with van der Waals surface area (Å²) in [6.45, 7) is 5.60. The minimum absolute atomic E-state index is 0.518. The second-order valence-corrected chi connectivity index (χ2v) is 6.65. The highest BCUT2D eigenvalue weighted by Gasteiger charge is 2.25. The molecule has 0 spiro atoms. The Balaban J connectivity index is 1.90. The van der Waals surface area contributed by atoms with E-state index in [1.807, 2.05) is 0 Å². The van der Waals surface area contributed by atoms with Crippen LogP contribution in [0, 0.1) is 6.92 Å². The normalized spacial score (nSPS) is 23.7. The van der Waals surface area contributed by atoms with Crippen LogP contribution < -0.4 is 5.32 Å². The largest absolute Gasteiger partial charge is 0.317 e. The highest BCUT2D eigenvalue weighted by molar-refractivity contribution is 7.09. The van der Waals surface area contributed by atoms with Gasteiger partial charge in [-0.3, -0.25) is 0 Å². The van der Waals surface area contributed by atoms with Crippen LogP contribution in [0.15, 0.2) is 5.38 Å². The second kappa shape index (κ2) is 6.79. The molecule has 0 amide bonds. The molecule has 108 valence electrons. The lowest BCUT2D eigenvalue weighted by molar-refractivity contribution is 0.102. The number of aromatic nitrogens is 1. The Labute approximate surface area is 120 Å². The number of hydrogen-bond acceptors (Lipinski definition) is 5. The molecule has 19 heavy (non-hydrogen) atoms. The van der Waals surface area contributed by atoms with Crippen LogP contribution in [0.25, 0.3) is 0 Å². The molecule has 5 heteroatoms. The Hall–Kier alpha value is -0.490. The molecule has 1 fully saturated rings. The Morgan fingerprint density at radius 1 is 1.47 bits per heavy atom. The average molecular weight is 282 g/mol. The van der Waals surface area contributed by atoms with Crippen LogP contribution in [0.1, 0.15) is 17.1 Å². The minimum Gasteiger partial charge on any atom is -0.317 e. The van der Waals surface area contributed by atoms with E-state index < -0.39 is 0 Å². The van der Waals surface area contributed by atoms with Crippen molar-refractivity contribution in [2.75, 3.05) is 40.8 Å². The Kier molecular flexibility index (Phi) is 5.33. The van der Waals surface area contributed by atoms with Crippen LogP contribution in [0.5, 0.6) is 0 Å². The Morgan fingerprint density at radius 2 is 2.26 bits per heavy atom. The zero-order valence-corrected chi connectivity index (χ0v) is 13.3. The van der Waals surface area contributed by atoms with Gasteiger partial charge in [0.05, 0.1) is 5.01 Å². The molecule has 1 N–H and O–H groups in total. The maximum Gasteiger partial charge on any atom is 0.0943 e. The van der Waals surface area contributed by atoms with Gasteiger partial charge in [0, 0.05) is 49.2 Å². The molecule has 2 rings (SSSR count). The summed E-state index contributed by atoms with van der Waals surface area (Å²) in [5.74, 6) is 0. The molecule has 1 saturated heterocycles. The predicted molar refractivity (Wildman–Crippen MR) is 81.9 cm³/mol. The van der Waals surface area contributed by atoms with Crippen molar-refractivity contribution in [3.05, 3.63) is 16.1 Å². The summed E-state index contributed by atoms with van der Waals surface area (Å²) in [4.78, 5) is 9.51. The Bertz CT molecular complexity index is 393. The van der Waals surface area contributed by atoms with Gasteiger partial charge in [-0.25, -0.2) is 4.98 Å². The average Bonchev–Trinajstić information content (AvgIpc) is 2.78. The fourth-order valence-electron chi connectivity index (χ4n) is 2.69. The van der Waals surface area contributed by atoms with E-state index in [9.17, 15) is 0 Å². The highest BCUT2D eigenvalue weighted by atomic mass is 32.1. The van der Waals surface area contributed by atoms with Gasteiger partial charge in [-0.15, -0.1) is 11.3 Å². The smallest absolute Gasteiger partial charge is 0.0943 e. The molecule has 2 atom stereocenters. The van der Waals surface area contributed by atoms with Crippen LogP contribution in [-0.2, 0) is 6.42 Å². The summed E-state index contributed by atoms with van der Waals surface area (Å²) < 4.78 is 0. The number of likely N-dealkylation sites (N-methyl/N-ethyl adjacent to an activating group) is 3. The van der Waals surface area contributed by atoms with Crippen LogP contribution >= 0.6 is 11.3 Å². The van der Waals surface area contributed by atoms with Gasteiger partial charge in [-0.2, -0.15) is 0 Å². The number of nitrogens with zero attached hydrogens (tertiary/aromatic N) is 3. The minimum atomic E-state index is 0.518. The monoisotopic (exact) mass is 282 g/mol. The van der Waals surface area contributed by atoms with E-state index in [0.717, 1.165) is 12.1 Å². The fourth-order valence-corrected chi connectivity index (χ4v) is 3.55. The summed E-state index contributed by atoms with van der Waals surface area (Å²) in [6.07, 6.45) is 2.24. The molecule has 0 bridgehead atoms. The van der Waals surface area contributed by atoms with E-state index in [2.05, 4.69) is 53.5 Å². The van der Waals surface area contributed by atoms with E-state index in [0.29, 0.717) is 12.1 Å². The first-order valence-corrected chi connectivity index (χ1v) is 7.93. The standard InChI is InChI=1S/C14H26N4S/c1-11-10-19-14(16-11)8-12(15-2)7-13-9-17(3)5-6-18(13)4/h10,12-13,15H,5-9H2,1-4H3. The van der Waals surface area contributed by atoms with Crippen molar-refractivity contribution in [3.63, 3.8) is 0 Å².